The molecule has 1 atom stereocenters. The van der Waals surface area contributed by atoms with E-state index in [4.69, 9.17) is 0 Å². The van der Waals surface area contributed by atoms with E-state index in [0.717, 1.165) is 6.54 Å². The zero-order valence-corrected chi connectivity index (χ0v) is 9.21. The number of nitrogens with zero attached hydrogens (tertiary/aromatic N) is 1. The van der Waals surface area contributed by atoms with Crippen LogP contribution in [0.1, 0.15) is 40.5 Å². The largest absolute Gasteiger partial charge is 0.340 e. The molecule has 2 nitrogen and oxygen atoms in total. The molecule has 1 amide bonds. The number of carbonyl (C=O) groups excluding carboxylic acids is 1. The van der Waals surface area contributed by atoms with Gasteiger partial charge in [-0.1, -0.05) is 6.92 Å². The third kappa shape index (κ3) is 2.45. The van der Waals surface area contributed by atoms with Crippen molar-refractivity contribution in [2.24, 2.45) is 11.8 Å². The van der Waals surface area contributed by atoms with Gasteiger partial charge in [-0.25, -0.2) is 0 Å². The molecule has 0 saturated heterocycles. The standard InChI is InChI=1S/C11H21NO/c1-5-12(8(2)3)11(13)9(4)10-6-7-10/h8-10H,5-7H2,1-4H3/t9-/m1/s1. The van der Waals surface area contributed by atoms with Crippen LogP contribution < -0.4 is 0 Å². The Kier molecular flexibility index (Phi) is 3.34. The molecule has 1 aliphatic carbocycles. The minimum Gasteiger partial charge on any atom is -0.340 e. The van der Waals surface area contributed by atoms with E-state index < -0.39 is 0 Å². The highest BCUT2D eigenvalue weighted by Crippen LogP contribution is 2.37. The number of carbonyl (C=O) groups is 1. The number of amides is 1. The average molecular weight is 183 g/mol. The van der Waals surface area contributed by atoms with Gasteiger partial charge in [0.1, 0.15) is 0 Å². The first-order valence-electron chi connectivity index (χ1n) is 5.38. The third-order valence-corrected chi connectivity index (χ3v) is 2.97. The fourth-order valence-corrected chi connectivity index (χ4v) is 1.83. The highest BCUT2D eigenvalue weighted by Gasteiger charge is 2.34. The normalized spacial score (nSPS) is 18.8. The Labute approximate surface area is 81.3 Å². The molecule has 0 N–H and O–H groups in total. The average Bonchev–Trinajstić information content (AvgIpc) is 2.85. The molecule has 0 aromatic carbocycles. The van der Waals surface area contributed by atoms with Gasteiger partial charge < -0.3 is 4.90 Å². The lowest BCUT2D eigenvalue weighted by atomic mass is 10.0. The molecule has 1 aliphatic rings. The van der Waals surface area contributed by atoms with E-state index in [9.17, 15) is 4.79 Å². The Balaban J connectivity index is 2.51. The lowest BCUT2D eigenvalue weighted by Crippen LogP contribution is -2.40. The van der Waals surface area contributed by atoms with Gasteiger partial charge in [-0.15, -0.1) is 0 Å². The van der Waals surface area contributed by atoms with Crippen LogP contribution in [-0.4, -0.2) is 23.4 Å². The smallest absolute Gasteiger partial charge is 0.225 e. The summed E-state index contributed by atoms with van der Waals surface area (Å²) < 4.78 is 0. The summed E-state index contributed by atoms with van der Waals surface area (Å²) in [5.74, 6) is 1.28. The number of hydrogen-bond acceptors (Lipinski definition) is 1. The molecular formula is C11H21NO. The van der Waals surface area contributed by atoms with Gasteiger partial charge in [-0.05, 0) is 39.5 Å². The second kappa shape index (κ2) is 4.12. The van der Waals surface area contributed by atoms with Gasteiger partial charge in [-0.2, -0.15) is 0 Å². The first-order chi connectivity index (χ1) is 6.07. The monoisotopic (exact) mass is 183 g/mol. The van der Waals surface area contributed by atoms with Crippen molar-refractivity contribution < 1.29 is 4.79 Å². The van der Waals surface area contributed by atoms with E-state index >= 15 is 0 Å². The molecule has 0 aromatic heterocycles. The van der Waals surface area contributed by atoms with Gasteiger partial charge in [0.05, 0.1) is 0 Å². The molecule has 13 heavy (non-hydrogen) atoms. The van der Waals surface area contributed by atoms with Crippen molar-refractivity contribution in [1.29, 1.82) is 0 Å². The highest BCUT2D eigenvalue weighted by atomic mass is 16.2. The fraction of sp³-hybridized carbons (Fsp3) is 0.909. The van der Waals surface area contributed by atoms with Crippen molar-refractivity contribution in [2.45, 2.75) is 46.6 Å². The molecule has 1 rings (SSSR count). The minimum absolute atomic E-state index is 0.252. The van der Waals surface area contributed by atoms with Crippen molar-refractivity contribution in [3.63, 3.8) is 0 Å². The molecule has 1 fully saturated rings. The number of rotatable bonds is 4. The Morgan fingerprint density at radius 3 is 2.23 bits per heavy atom. The van der Waals surface area contributed by atoms with E-state index in [1.165, 1.54) is 12.8 Å². The van der Waals surface area contributed by atoms with Crippen LogP contribution in [0.4, 0.5) is 0 Å². The summed E-state index contributed by atoms with van der Waals surface area (Å²) in [6.07, 6.45) is 2.51. The van der Waals surface area contributed by atoms with E-state index in [-0.39, 0.29) is 5.92 Å². The summed E-state index contributed by atoms with van der Waals surface area (Å²) in [6, 6.07) is 0.346. The molecule has 0 heterocycles. The second-order valence-electron chi connectivity index (χ2n) is 4.34. The van der Waals surface area contributed by atoms with Crippen molar-refractivity contribution in [3.8, 4) is 0 Å². The molecule has 1 saturated carbocycles. The molecule has 2 heteroatoms. The Morgan fingerprint density at radius 2 is 1.92 bits per heavy atom. The maximum Gasteiger partial charge on any atom is 0.225 e. The lowest BCUT2D eigenvalue weighted by Gasteiger charge is -2.28. The van der Waals surface area contributed by atoms with Crippen LogP contribution in [0.3, 0.4) is 0 Å². The zero-order valence-electron chi connectivity index (χ0n) is 9.21. The quantitative estimate of drug-likeness (QED) is 0.655. The van der Waals surface area contributed by atoms with Crippen molar-refractivity contribution >= 4 is 5.91 Å². The SMILES string of the molecule is CCN(C(=O)[C@H](C)C1CC1)C(C)C. The first-order valence-corrected chi connectivity index (χ1v) is 5.38. The number of hydrogen-bond donors (Lipinski definition) is 0. The lowest BCUT2D eigenvalue weighted by molar-refractivity contribution is -0.137. The Bertz CT molecular complexity index is 185. The predicted octanol–water partition coefficient (Wildman–Crippen LogP) is 2.29. The predicted molar refractivity (Wildman–Crippen MR) is 54.4 cm³/mol. The van der Waals surface area contributed by atoms with Crippen LogP contribution in [0.2, 0.25) is 0 Å². The second-order valence-corrected chi connectivity index (χ2v) is 4.34. The van der Waals surface area contributed by atoms with Gasteiger partial charge >= 0.3 is 0 Å². The Hall–Kier alpha value is -0.530. The summed E-state index contributed by atoms with van der Waals surface area (Å²) >= 11 is 0. The van der Waals surface area contributed by atoms with Crippen LogP contribution >= 0.6 is 0 Å². The molecule has 0 radical (unpaired) electrons. The van der Waals surface area contributed by atoms with Crippen LogP contribution in [0.15, 0.2) is 0 Å². The highest BCUT2D eigenvalue weighted by molar-refractivity contribution is 5.79. The summed E-state index contributed by atoms with van der Waals surface area (Å²) in [5.41, 5.74) is 0. The summed E-state index contributed by atoms with van der Waals surface area (Å²) in [4.78, 5) is 13.9. The zero-order chi connectivity index (χ0) is 10.0. The van der Waals surface area contributed by atoms with Crippen molar-refractivity contribution in [3.05, 3.63) is 0 Å². The summed E-state index contributed by atoms with van der Waals surface area (Å²) in [5, 5.41) is 0. The van der Waals surface area contributed by atoms with E-state index in [0.29, 0.717) is 17.9 Å². The fourth-order valence-electron chi connectivity index (χ4n) is 1.83. The third-order valence-electron chi connectivity index (χ3n) is 2.97. The summed E-state index contributed by atoms with van der Waals surface area (Å²) in [7, 11) is 0. The Morgan fingerprint density at radius 1 is 1.38 bits per heavy atom. The van der Waals surface area contributed by atoms with E-state index in [2.05, 4.69) is 27.7 Å². The van der Waals surface area contributed by atoms with Gasteiger partial charge in [0.15, 0.2) is 0 Å². The van der Waals surface area contributed by atoms with Gasteiger partial charge in [0, 0.05) is 18.5 Å². The molecule has 0 aliphatic heterocycles. The first kappa shape index (κ1) is 10.6. The topological polar surface area (TPSA) is 20.3 Å². The molecule has 0 spiro atoms. The van der Waals surface area contributed by atoms with Crippen LogP contribution in [-0.2, 0) is 4.79 Å². The van der Waals surface area contributed by atoms with Crippen molar-refractivity contribution in [1.82, 2.24) is 4.90 Å². The van der Waals surface area contributed by atoms with Crippen LogP contribution in [0.25, 0.3) is 0 Å². The maximum absolute atomic E-state index is 11.9. The van der Waals surface area contributed by atoms with E-state index in [1.807, 2.05) is 4.90 Å². The summed E-state index contributed by atoms with van der Waals surface area (Å²) in [6.45, 7) is 9.14. The van der Waals surface area contributed by atoms with Gasteiger partial charge in [0.25, 0.3) is 0 Å². The molecule has 0 unspecified atom stereocenters. The molecular weight excluding hydrogens is 162 g/mol. The van der Waals surface area contributed by atoms with Crippen molar-refractivity contribution in [2.75, 3.05) is 6.54 Å². The van der Waals surface area contributed by atoms with Gasteiger partial charge in [-0.3, -0.25) is 4.79 Å². The van der Waals surface area contributed by atoms with E-state index in [1.54, 1.807) is 0 Å². The maximum atomic E-state index is 11.9. The van der Waals surface area contributed by atoms with Gasteiger partial charge in [0.2, 0.25) is 5.91 Å². The van der Waals surface area contributed by atoms with Crippen LogP contribution in [0.5, 0.6) is 0 Å². The molecule has 0 aromatic rings. The van der Waals surface area contributed by atoms with Crippen LogP contribution in [0, 0.1) is 11.8 Å². The minimum atomic E-state index is 0.252. The molecule has 76 valence electrons. The molecule has 0 bridgehead atoms.